The first-order valence-electron chi connectivity index (χ1n) is 5.76. The van der Waals surface area contributed by atoms with Gasteiger partial charge in [0.2, 0.25) is 10.0 Å². The molecule has 0 fully saturated rings. The summed E-state index contributed by atoms with van der Waals surface area (Å²) in [5.74, 6) is -1.94. The number of carboxylic acids is 1. The van der Waals surface area contributed by atoms with Gasteiger partial charge in [-0.15, -0.1) is 0 Å². The van der Waals surface area contributed by atoms with Crippen molar-refractivity contribution in [3.05, 3.63) is 33.3 Å². The van der Waals surface area contributed by atoms with Gasteiger partial charge in [-0.25, -0.2) is 8.42 Å². The fraction of sp³-hybridized carbons (Fsp3) is 0.364. The van der Waals surface area contributed by atoms with E-state index in [0.717, 1.165) is 6.07 Å². The summed E-state index contributed by atoms with van der Waals surface area (Å²) in [7, 11) is -4.46. The highest BCUT2D eigenvalue weighted by Gasteiger charge is 2.34. The van der Waals surface area contributed by atoms with E-state index in [1.54, 1.807) is 0 Å². The van der Waals surface area contributed by atoms with Crippen molar-refractivity contribution in [2.45, 2.75) is 24.8 Å². The number of carbonyl (C=O) groups is 1. The second kappa shape index (κ2) is 6.37. The highest BCUT2D eigenvalue weighted by Crippen LogP contribution is 2.31. The number of hydrogen-bond donors (Lipinski definition) is 2. The van der Waals surface area contributed by atoms with E-state index in [0.29, 0.717) is 0 Å². The number of hydrogen-bond acceptors (Lipinski definition) is 5. The molecule has 0 bridgehead atoms. The Morgan fingerprint density at radius 3 is 2.43 bits per heavy atom. The van der Waals surface area contributed by atoms with E-state index in [1.165, 1.54) is 26.0 Å². The van der Waals surface area contributed by atoms with Gasteiger partial charge in [-0.1, -0.05) is 31.5 Å². The summed E-state index contributed by atoms with van der Waals surface area (Å²) in [6.07, 6.45) is 0. The summed E-state index contributed by atoms with van der Waals surface area (Å²) in [6, 6.07) is 1.96. The summed E-state index contributed by atoms with van der Waals surface area (Å²) in [5.41, 5.74) is -0.720. The molecule has 0 aliphatic carbocycles. The summed E-state index contributed by atoms with van der Waals surface area (Å²) in [4.78, 5) is 20.3. The minimum Gasteiger partial charge on any atom is -0.480 e. The third-order valence-electron chi connectivity index (χ3n) is 2.63. The molecule has 0 aliphatic heterocycles. The summed E-state index contributed by atoms with van der Waals surface area (Å²) < 4.78 is 26.4. The molecule has 0 saturated heterocycles. The topological polar surface area (TPSA) is 127 Å². The van der Waals surface area contributed by atoms with Crippen molar-refractivity contribution in [2.24, 2.45) is 5.92 Å². The third-order valence-corrected chi connectivity index (χ3v) is 4.58. The lowest BCUT2D eigenvalue weighted by Crippen LogP contribution is -2.44. The highest BCUT2D eigenvalue weighted by atomic mass is 35.5. The molecular weight excluding hydrogens is 324 g/mol. The number of nitro groups is 1. The largest absolute Gasteiger partial charge is 0.480 e. The van der Waals surface area contributed by atoms with Crippen molar-refractivity contribution in [1.82, 2.24) is 4.72 Å². The van der Waals surface area contributed by atoms with Crippen LogP contribution in [0.3, 0.4) is 0 Å². The molecule has 0 unspecified atom stereocenters. The molecule has 2 N–H and O–H groups in total. The molecule has 10 heteroatoms. The lowest BCUT2D eigenvalue weighted by atomic mass is 10.1. The summed E-state index contributed by atoms with van der Waals surface area (Å²) in [6.45, 7) is 3.00. The van der Waals surface area contributed by atoms with E-state index < -0.39 is 43.5 Å². The molecule has 116 valence electrons. The zero-order valence-electron chi connectivity index (χ0n) is 11.1. The summed E-state index contributed by atoms with van der Waals surface area (Å²) >= 11 is 5.73. The zero-order chi connectivity index (χ0) is 16.4. The number of halogens is 1. The van der Waals surface area contributed by atoms with Crippen molar-refractivity contribution < 1.29 is 23.2 Å². The summed E-state index contributed by atoms with van der Waals surface area (Å²) in [5, 5.41) is 19.6. The van der Waals surface area contributed by atoms with E-state index in [1.807, 2.05) is 4.72 Å². The van der Waals surface area contributed by atoms with Crippen molar-refractivity contribution in [3.63, 3.8) is 0 Å². The Labute approximate surface area is 125 Å². The second-order valence-corrected chi connectivity index (χ2v) is 6.58. The number of nitrogens with one attached hydrogen (secondary N) is 1. The van der Waals surface area contributed by atoms with Crippen molar-refractivity contribution in [1.29, 1.82) is 0 Å². The molecule has 1 aromatic rings. The highest BCUT2D eigenvalue weighted by molar-refractivity contribution is 7.89. The fourth-order valence-electron chi connectivity index (χ4n) is 1.60. The maximum absolute atomic E-state index is 12.2. The Bertz CT molecular complexity index is 673. The van der Waals surface area contributed by atoms with E-state index in [4.69, 9.17) is 16.7 Å². The van der Waals surface area contributed by atoms with Crippen molar-refractivity contribution >= 4 is 33.3 Å². The van der Waals surface area contributed by atoms with Crippen LogP contribution in [0, 0.1) is 16.0 Å². The first-order valence-corrected chi connectivity index (χ1v) is 7.62. The van der Waals surface area contributed by atoms with E-state index in [2.05, 4.69) is 0 Å². The molecular formula is C11H13ClN2O6S. The number of rotatable bonds is 6. The number of nitro benzene ring substituents is 1. The molecule has 1 atom stereocenters. The van der Waals surface area contributed by atoms with Crippen LogP contribution in [0.4, 0.5) is 5.69 Å². The molecule has 0 aromatic heterocycles. The van der Waals surface area contributed by atoms with E-state index in [9.17, 15) is 23.3 Å². The van der Waals surface area contributed by atoms with Gasteiger partial charge in [-0.3, -0.25) is 14.9 Å². The monoisotopic (exact) mass is 336 g/mol. The molecule has 1 rings (SSSR count). The van der Waals surface area contributed by atoms with Gasteiger partial charge in [0.1, 0.15) is 6.04 Å². The number of aliphatic carboxylic acids is 1. The Morgan fingerprint density at radius 2 is 2.00 bits per heavy atom. The van der Waals surface area contributed by atoms with Gasteiger partial charge >= 0.3 is 5.97 Å². The second-order valence-electron chi connectivity index (χ2n) is 4.53. The Morgan fingerprint density at radius 1 is 1.43 bits per heavy atom. The fourth-order valence-corrected chi connectivity index (χ4v) is 3.65. The standard InChI is InChI=1S/C11H13ClN2O6S/c1-6(2)9(11(15)16)13-21(19,20)10-7(12)4-3-5-8(10)14(17)18/h3-6,9,13H,1-2H3,(H,15,16)/t9-/m1/s1. The predicted molar refractivity (Wildman–Crippen MR) is 74.7 cm³/mol. The van der Waals surface area contributed by atoms with Gasteiger partial charge in [0.05, 0.1) is 9.95 Å². The molecule has 1 aromatic carbocycles. The molecule has 0 saturated carbocycles. The van der Waals surface area contributed by atoms with Crippen molar-refractivity contribution in [2.75, 3.05) is 0 Å². The SMILES string of the molecule is CC(C)[C@@H](NS(=O)(=O)c1c(Cl)cccc1[N+](=O)[O-])C(=O)O. The van der Waals surface area contributed by atoms with Crippen LogP contribution in [0.15, 0.2) is 23.1 Å². The smallest absolute Gasteiger partial charge is 0.322 e. The Kier molecular flexibility index (Phi) is 5.26. The molecule has 21 heavy (non-hydrogen) atoms. The number of nitrogens with zero attached hydrogens (tertiary/aromatic N) is 1. The molecule has 0 radical (unpaired) electrons. The normalized spacial score (nSPS) is 13.1. The average Bonchev–Trinajstić information content (AvgIpc) is 2.34. The van der Waals surface area contributed by atoms with Crippen LogP contribution < -0.4 is 4.72 Å². The molecule has 0 amide bonds. The van der Waals surface area contributed by atoms with Gasteiger partial charge in [0.15, 0.2) is 4.90 Å². The lowest BCUT2D eigenvalue weighted by molar-refractivity contribution is -0.387. The van der Waals surface area contributed by atoms with Crippen LogP contribution in [0.25, 0.3) is 0 Å². The minimum absolute atomic E-state index is 0.357. The third kappa shape index (κ3) is 3.90. The van der Waals surface area contributed by atoms with E-state index >= 15 is 0 Å². The van der Waals surface area contributed by atoms with Crippen LogP contribution in [-0.2, 0) is 14.8 Å². The molecule has 0 aliphatic rings. The van der Waals surface area contributed by atoms with Gasteiger partial charge in [-0.2, -0.15) is 4.72 Å². The van der Waals surface area contributed by atoms with Gasteiger partial charge in [-0.05, 0) is 12.0 Å². The Hall–Kier alpha value is -1.71. The quantitative estimate of drug-likeness (QED) is 0.600. The first-order chi connectivity index (χ1) is 9.58. The Balaban J connectivity index is 3.38. The maximum atomic E-state index is 12.2. The average molecular weight is 337 g/mol. The zero-order valence-corrected chi connectivity index (χ0v) is 12.7. The van der Waals surface area contributed by atoms with Crippen molar-refractivity contribution in [3.8, 4) is 0 Å². The number of sulfonamides is 1. The number of carboxylic acid groups (broad SMARTS) is 1. The molecule has 0 heterocycles. The van der Waals surface area contributed by atoms with Crippen LogP contribution in [-0.4, -0.2) is 30.5 Å². The van der Waals surface area contributed by atoms with Crippen LogP contribution in [0.1, 0.15) is 13.8 Å². The van der Waals surface area contributed by atoms with Gasteiger partial charge in [0.25, 0.3) is 5.69 Å². The van der Waals surface area contributed by atoms with Crippen LogP contribution in [0.2, 0.25) is 5.02 Å². The van der Waals surface area contributed by atoms with Gasteiger partial charge in [0, 0.05) is 6.07 Å². The van der Waals surface area contributed by atoms with Gasteiger partial charge < -0.3 is 5.11 Å². The maximum Gasteiger partial charge on any atom is 0.322 e. The van der Waals surface area contributed by atoms with Crippen LogP contribution in [0.5, 0.6) is 0 Å². The molecule has 8 nitrogen and oxygen atoms in total. The first kappa shape index (κ1) is 17.3. The minimum atomic E-state index is -4.46. The predicted octanol–water partition coefficient (Wildman–Crippen LogP) is 1.64. The lowest BCUT2D eigenvalue weighted by Gasteiger charge is -2.18. The molecule has 0 spiro atoms. The van der Waals surface area contributed by atoms with E-state index in [-0.39, 0.29) is 5.02 Å². The van der Waals surface area contributed by atoms with Crippen LogP contribution >= 0.6 is 11.6 Å². The number of benzene rings is 1.